The summed E-state index contributed by atoms with van der Waals surface area (Å²) in [6, 6.07) is 5.07. The molecule has 0 bridgehead atoms. The van der Waals surface area contributed by atoms with Crippen molar-refractivity contribution in [1.29, 1.82) is 0 Å². The average molecular weight is 381 g/mol. The van der Waals surface area contributed by atoms with Crippen LogP contribution in [0, 0.1) is 11.8 Å². The molecule has 152 valence electrons. The molecule has 0 saturated heterocycles. The van der Waals surface area contributed by atoms with Crippen LogP contribution in [0.1, 0.15) is 32.3 Å². The summed E-state index contributed by atoms with van der Waals surface area (Å²) in [6.07, 6.45) is 1.40. The summed E-state index contributed by atoms with van der Waals surface area (Å²) in [6.45, 7) is 5.29. The van der Waals surface area contributed by atoms with Crippen LogP contribution in [0.5, 0.6) is 11.5 Å². The largest absolute Gasteiger partial charge is 0.493 e. The molecule has 27 heavy (non-hydrogen) atoms. The number of carbonyl (C=O) groups is 2. The van der Waals surface area contributed by atoms with Gasteiger partial charge in [-0.1, -0.05) is 19.9 Å². The SMILES string of the molecule is COCCCOc1cc(CC(CC(C=O)NC(=O)O)C(C)C)ccc1OC. The Hall–Kier alpha value is -2.28. The number of carboxylic acid groups (broad SMARTS) is 1. The molecule has 1 amide bonds. The van der Waals surface area contributed by atoms with Crippen molar-refractivity contribution in [3.05, 3.63) is 23.8 Å². The highest BCUT2D eigenvalue weighted by Crippen LogP contribution is 2.31. The van der Waals surface area contributed by atoms with Crippen LogP contribution in [0.3, 0.4) is 0 Å². The Morgan fingerprint density at radius 1 is 1.22 bits per heavy atom. The maximum atomic E-state index is 11.2. The maximum Gasteiger partial charge on any atom is 0.405 e. The Kier molecular flexibility index (Phi) is 10.3. The van der Waals surface area contributed by atoms with Gasteiger partial charge in [0.2, 0.25) is 0 Å². The molecule has 0 radical (unpaired) electrons. The maximum absolute atomic E-state index is 11.2. The Bertz CT molecular complexity index is 590. The van der Waals surface area contributed by atoms with E-state index in [9.17, 15) is 9.59 Å². The first-order chi connectivity index (χ1) is 12.9. The Balaban J connectivity index is 2.85. The number of methoxy groups -OCH3 is 2. The molecule has 7 heteroatoms. The second kappa shape index (κ2) is 12.2. The fourth-order valence-electron chi connectivity index (χ4n) is 2.87. The molecular weight excluding hydrogens is 350 g/mol. The van der Waals surface area contributed by atoms with E-state index in [4.69, 9.17) is 19.3 Å². The average Bonchev–Trinajstić information content (AvgIpc) is 2.63. The third-order valence-corrected chi connectivity index (χ3v) is 4.45. The zero-order chi connectivity index (χ0) is 20.2. The lowest BCUT2D eigenvalue weighted by Crippen LogP contribution is -2.37. The van der Waals surface area contributed by atoms with Gasteiger partial charge in [0, 0.05) is 20.1 Å². The molecule has 1 aromatic carbocycles. The van der Waals surface area contributed by atoms with E-state index in [-0.39, 0.29) is 11.8 Å². The molecule has 0 aromatic heterocycles. The van der Waals surface area contributed by atoms with Gasteiger partial charge >= 0.3 is 6.09 Å². The molecule has 0 saturated carbocycles. The van der Waals surface area contributed by atoms with Crippen LogP contribution in [0.15, 0.2) is 18.2 Å². The normalized spacial score (nSPS) is 13.1. The zero-order valence-corrected chi connectivity index (χ0v) is 16.6. The molecule has 0 heterocycles. The molecule has 0 aliphatic carbocycles. The van der Waals surface area contributed by atoms with Gasteiger partial charge in [0.25, 0.3) is 0 Å². The van der Waals surface area contributed by atoms with E-state index >= 15 is 0 Å². The summed E-state index contributed by atoms with van der Waals surface area (Å²) in [4.78, 5) is 22.0. The molecule has 2 unspecified atom stereocenters. The predicted molar refractivity (Wildman–Crippen MR) is 103 cm³/mol. The van der Waals surface area contributed by atoms with Gasteiger partial charge < -0.3 is 29.4 Å². The Morgan fingerprint density at radius 2 is 1.96 bits per heavy atom. The monoisotopic (exact) mass is 381 g/mol. The second-order valence-electron chi connectivity index (χ2n) is 6.82. The van der Waals surface area contributed by atoms with Crippen LogP contribution in [-0.2, 0) is 16.0 Å². The van der Waals surface area contributed by atoms with Crippen LogP contribution < -0.4 is 14.8 Å². The van der Waals surface area contributed by atoms with Gasteiger partial charge in [-0.3, -0.25) is 0 Å². The molecule has 7 nitrogen and oxygen atoms in total. The van der Waals surface area contributed by atoms with E-state index in [2.05, 4.69) is 19.2 Å². The highest BCUT2D eigenvalue weighted by atomic mass is 16.5. The number of amides is 1. The first-order valence-corrected chi connectivity index (χ1v) is 9.14. The van der Waals surface area contributed by atoms with E-state index in [1.807, 2.05) is 18.2 Å². The van der Waals surface area contributed by atoms with Crippen LogP contribution in [0.25, 0.3) is 0 Å². The van der Waals surface area contributed by atoms with Crippen molar-refractivity contribution < 1.29 is 28.9 Å². The summed E-state index contributed by atoms with van der Waals surface area (Å²) in [5.41, 5.74) is 1.05. The van der Waals surface area contributed by atoms with Crippen LogP contribution >= 0.6 is 0 Å². The number of rotatable bonds is 13. The Morgan fingerprint density at radius 3 is 2.52 bits per heavy atom. The Labute approximate surface area is 161 Å². The van der Waals surface area contributed by atoms with E-state index < -0.39 is 12.1 Å². The van der Waals surface area contributed by atoms with Gasteiger partial charge in [-0.15, -0.1) is 0 Å². The van der Waals surface area contributed by atoms with E-state index in [0.717, 1.165) is 12.0 Å². The molecule has 1 rings (SSSR count). The smallest absolute Gasteiger partial charge is 0.405 e. The molecule has 0 aliphatic rings. The third-order valence-electron chi connectivity index (χ3n) is 4.45. The predicted octanol–water partition coefficient (Wildman–Crippen LogP) is 3.15. The minimum Gasteiger partial charge on any atom is -0.493 e. The van der Waals surface area contributed by atoms with Crippen LogP contribution in [-0.4, -0.2) is 51.0 Å². The van der Waals surface area contributed by atoms with Crippen molar-refractivity contribution in [2.75, 3.05) is 27.4 Å². The molecule has 2 atom stereocenters. The van der Waals surface area contributed by atoms with Crippen molar-refractivity contribution in [1.82, 2.24) is 5.32 Å². The van der Waals surface area contributed by atoms with Gasteiger partial charge in [0.05, 0.1) is 19.8 Å². The summed E-state index contributed by atoms with van der Waals surface area (Å²) in [7, 11) is 3.25. The quantitative estimate of drug-likeness (QED) is 0.403. The standard InChI is InChI=1S/C20H31NO6/c1-14(2)16(12-17(13-22)21-20(23)24)10-15-6-7-18(26-4)19(11-15)27-9-5-8-25-3/h6-7,11,13-14,16-17,21H,5,8-10,12H2,1-4H3,(H,23,24). The van der Waals surface area contributed by atoms with Crippen molar-refractivity contribution in [3.63, 3.8) is 0 Å². The molecule has 0 fully saturated rings. The number of aldehydes is 1. The molecule has 0 aliphatic heterocycles. The van der Waals surface area contributed by atoms with Crippen molar-refractivity contribution >= 4 is 12.4 Å². The van der Waals surface area contributed by atoms with Crippen LogP contribution in [0.2, 0.25) is 0 Å². The van der Waals surface area contributed by atoms with Crippen molar-refractivity contribution in [2.45, 2.75) is 39.2 Å². The van der Waals surface area contributed by atoms with Crippen LogP contribution in [0.4, 0.5) is 4.79 Å². The molecule has 1 aromatic rings. The topological polar surface area (TPSA) is 94.1 Å². The molecule has 0 spiro atoms. The first-order valence-electron chi connectivity index (χ1n) is 9.14. The number of hydrogen-bond donors (Lipinski definition) is 2. The summed E-state index contributed by atoms with van der Waals surface area (Å²) in [5, 5.41) is 11.1. The fourth-order valence-corrected chi connectivity index (χ4v) is 2.87. The van der Waals surface area contributed by atoms with Crippen molar-refractivity contribution in [2.24, 2.45) is 11.8 Å². The molecular formula is C20H31NO6. The highest BCUT2D eigenvalue weighted by Gasteiger charge is 2.21. The summed E-state index contributed by atoms with van der Waals surface area (Å²) >= 11 is 0. The summed E-state index contributed by atoms with van der Waals surface area (Å²) in [5.74, 6) is 1.76. The van der Waals surface area contributed by atoms with E-state index in [1.54, 1.807) is 14.2 Å². The van der Waals surface area contributed by atoms with Gasteiger partial charge in [-0.05, 0) is 42.4 Å². The zero-order valence-electron chi connectivity index (χ0n) is 16.6. The minimum absolute atomic E-state index is 0.141. The van der Waals surface area contributed by atoms with Gasteiger partial charge in [-0.2, -0.15) is 0 Å². The number of carbonyl (C=O) groups excluding carboxylic acids is 1. The van der Waals surface area contributed by atoms with E-state index in [0.29, 0.717) is 43.8 Å². The first kappa shape index (κ1) is 22.8. The van der Waals surface area contributed by atoms with Crippen molar-refractivity contribution in [3.8, 4) is 11.5 Å². The third kappa shape index (κ3) is 8.30. The van der Waals surface area contributed by atoms with Gasteiger partial charge in [-0.25, -0.2) is 4.79 Å². The van der Waals surface area contributed by atoms with Gasteiger partial charge in [0.1, 0.15) is 6.29 Å². The summed E-state index contributed by atoms with van der Waals surface area (Å²) < 4.78 is 16.2. The lowest BCUT2D eigenvalue weighted by atomic mass is 9.84. The lowest BCUT2D eigenvalue weighted by Gasteiger charge is -2.24. The number of hydrogen-bond acceptors (Lipinski definition) is 5. The minimum atomic E-state index is -1.19. The number of ether oxygens (including phenoxy) is 3. The number of benzene rings is 1. The van der Waals surface area contributed by atoms with Gasteiger partial charge in [0.15, 0.2) is 11.5 Å². The second-order valence-corrected chi connectivity index (χ2v) is 6.82. The highest BCUT2D eigenvalue weighted by molar-refractivity contribution is 5.71. The lowest BCUT2D eigenvalue weighted by molar-refractivity contribution is -0.109. The number of nitrogens with one attached hydrogen (secondary N) is 1. The fraction of sp³-hybridized carbons (Fsp3) is 0.600. The van der Waals surface area contributed by atoms with E-state index in [1.165, 1.54) is 0 Å². The molecule has 2 N–H and O–H groups in total.